The van der Waals surface area contributed by atoms with Crippen LogP contribution < -0.4 is 0 Å². The van der Waals surface area contributed by atoms with Gasteiger partial charge in [0.25, 0.3) is 0 Å². The van der Waals surface area contributed by atoms with E-state index in [9.17, 15) is 0 Å². The Balaban J connectivity index is 0. The summed E-state index contributed by atoms with van der Waals surface area (Å²) in [6.07, 6.45) is -1.12. The summed E-state index contributed by atoms with van der Waals surface area (Å²) in [7, 11) is 0. The van der Waals surface area contributed by atoms with E-state index in [4.69, 9.17) is 20.4 Å². The first-order valence-corrected chi connectivity index (χ1v) is 3.12. The van der Waals surface area contributed by atoms with Crippen LogP contribution in [0.1, 0.15) is 13.8 Å². The number of aliphatic hydroxyl groups is 4. The van der Waals surface area contributed by atoms with Crippen molar-refractivity contribution in [3.05, 3.63) is 0 Å². The van der Waals surface area contributed by atoms with Crippen LogP contribution in [0.15, 0.2) is 0 Å². The third-order valence-corrected chi connectivity index (χ3v) is 0.528. The topological polar surface area (TPSA) is 80.9 Å². The molecule has 4 nitrogen and oxygen atoms in total. The first kappa shape index (κ1) is 12.5. The smallest absolute Gasteiger partial charge is 0.0742 e. The van der Waals surface area contributed by atoms with Gasteiger partial charge in [0.05, 0.1) is 25.4 Å². The largest absolute Gasteiger partial charge is 0.394 e. The Morgan fingerprint density at radius 3 is 1.00 bits per heavy atom. The molecule has 0 bridgehead atoms. The molecule has 0 amide bonds. The minimum absolute atomic E-state index is 0.139. The Kier molecular flexibility index (Phi) is 11.1. The maximum atomic E-state index is 8.11. The van der Waals surface area contributed by atoms with E-state index in [2.05, 4.69) is 0 Å². The van der Waals surface area contributed by atoms with Gasteiger partial charge in [-0.25, -0.2) is 0 Å². The van der Waals surface area contributed by atoms with E-state index in [0.29, 0.717) is 0 Å². The van der Waals surface area contributed by atoms with E-state index in [1.165, 1.54) is 13.8 Å². The average molecular weight is 152 g/mol. The van der Waals surface area contributed by atoms with Gasteiger partial charge in [-0.15, -0.1) is 0 Å². The van der Waals surface area contributed by atoms with Crippen molar-refractivity contribution in [3.63, 3.8) is 0 Å². The van der Waals surface area contributed by atoms with Crippen LogP contribution in [-0.4, -0.2) is 45.8 Å². The fraction of sp³-hybridized carbons (Fsp3) is 1.00. The van der Waals surface area contributed by atoms with E-state index in [-0.39, 0.29) is 13.2 Å². The first-order chi connectivity index (χ1) is 4.54. The summed E-state index contributed by atoms with van der Waals surface area (Å²) in [5.41, 5.74) is 0. The molecule has 2 atom stereocenters. The molecule has 0 saturated heterocycles. The zero-order chi connectivity index (χ0) is 8.57. The molecule has 0 radical (unpaired) electrons. The second-order valence-corrected chi connectivity index (χ2v) is 2.06. The minimum Gasteiger partial charge on any atom is -0.394 e. The average Bonchev–Trinajstić information content (AvgIpc) is 1.89. The summed E-state index contributed by atoms with van der Waals surface area (Å²) in [6.45, 7) is 2.78. The number of rotatable bonds is 2. The van der Waals surface area contributed by atoms with Crippen molar-refractivity contribution < 1.29 is 20.4 Å². The Morgan fingerprint density at radius 2 is 1.00 bits per heavy atom. The van der Waals surface area contributed by atoms with Crippen molar-refractivity contribution >= 4 is 0 Å². The summed E-state index contributed by atoms with van der Waals surface area (Å²) in [5, 5.41) is 32.0. The standard InChI is InChI=1S/2C3H8O2/c2*1-3(5)2-4/h2*3-5H,2H2,1H3. The molecule has 2 unspecified atom stereocenters. The first-order valence-electron chi connectivity index (χ1n) is 3.12. The fourth-order valence-electron chi connectivity index (χ4n) is 0. The molecule has 0 fully saturated rings. The lowest BCUT2D eigenvalue weighted by Crippen LogP contribution is -2.03. The SMILES string of the molecule is CC(O)CO.CC(O)CO. The van der Waals surface area contributed by atoms with Gasteiger partial charge in [0.2, 0.25) is 0 Å². The van der Waals surface area contributed by atoms with Crippen molar-refractivity contribution in [2.45, 2.75) is 26.1 Å². The van der Waals surface area contributed by atoms with Gasteiger partial charge in [0.15, 0.2) is 0 Å². The third-order valence-electron chi connectivity index (χ3n) is 0.528. The number of aliphatic hydroxyl groups excluding tert-OH is 4. The van der Waals surface area contributed by atoms with Crippen molar-refractivity contribution in [1.82, 2.24) is 0 Å². The Hall–Kier alpha value is -0.160. The lowest BCUT2D eigenvalue weighted by Gasteiger charge is -1.90. The predicted molar refractivity (Wildman–Crippen MR) is 37.5 cm³/mol. The molecule has 0 aromatic rings. The summed E-state index contributed by atoms with van der Waals surface area (Å²) in [4.78, 5) is 0. The molecular formula is C6H16O4. The summed E-state index contributed by atoms with van der Waals surface area (Å²) in [6, 6.07) is 0. The Bertz CT molecular complexity index is 45.7. The van der Waals surface area contributed by atoms with Crippen molar-refractivity contribution in [2.24, 2.45) is 0 Å². The normalized spacial score (nSPS) is 15.0. The van der Waals surface area contributed by atoms with Gasteiger partial charge in [-0.2, -0.15) is 0 Å². The van der Waals surface area contributed by atoms with Gasteiger partial charge >= 0.3 is 0 Å². The molecule has 0 spiro atoms. The molecule has 0 aliphatic carbocycles. The van der Waals surface area contributed by atoms with Crippen LogP contribution in [0, 0.1) is 0 Å². The van der Waals surface area contributed by atoms with E-state index in [1.807, 2.05) is 0 Å². The van der Waals surface area contributed by atoms with Crippen molar-refractivity contribution in [3.8, 4) is 0 Å². The number of hydrogen-bond donors (Lipinski definition) is 4. The molecule has 0 rings (SSSR count). The highest BCUT2D eigenvalue weighted by molar-refractivity contribution is 4.34. The molecule has 4 heteroatoms. The van der Waals surface area contributed by atoms with Gasteiger partial charge in [-0.05, 0) is 13.8 Å². The summed E-state index contributed by atoms with van der Waals surface area (Å²) in [5.74, 6) is 0. The molecule has 64 valence electrons. The van der Waals surface area contributed by atoms with E-state index in [0.717, 1.165) is 0 Å². The van der Waals surface area contributed by atoms with Crippen LogP contribution in [0.2, 0.25) is 0 Å². The zero-order valence-electron chi connectivity index (χ0n) is 6.36. The van der Waals surface area contributed by atoms with Crippen molar-refractivity contribution in [1.29, 1.82) is 0 Å². The van der Waals surface area contributed by atoms with Gasteiger partial charge in [-0.1, -0.05) is 0 Å². The highest BCUT2D eigenvalue weighted by Gasteiger charge is 1.83. The molecule has 0 aliphatic heterocycles. The Morgan fingerprint density at radius 1 is 0.900 bits per heavy atom. The van der Waals surface area contributed by atoms with Gasteiger partial charge < -0.3 is 20.4 Å². The van der Waals surface area contributed by atoms with Crippen LogP contribution in [-0.2, 0) is 0 Å². The second kappa shape index (κ2) is 8.84. The lowest BCUT2D eigenvalue weighted by atomic mass is 10.5. The van der Waals surface area contributed by atoms with Crippen molar-refractivity contribution in [2.75, 3.05) is 13.2 Å². The van der Waals surface area contributed by atoms with E-state index in [1.54, 1.807) is 0 Å². The molecule has 0 aromatic carbocycles. The van der Waals surface area contributed by atoms with E-state index < -0.39 is 12.2 Å². The van der Waals surface area contributed by atoms with Gasteiger partial charge in [0, 0.05) is 0 Å². The molecule has 0 aromatic heterocycles. The monoisotopic (exact) mass is 152 g/mol. The van der Waals surface area contributed by atoms with Crippen LogP contribution in [0.3, 0.4) is 0 Å². The molecule has 0 heterocycles. The fourth-order valence-corrected chi connectivity index (χ4v) is 0. The summed E-state index contributed by atoms with van der Waals surface area (Å²) < 4.78 is 0. The molecule has 0 aliphatic rings. The third kappa shape index (κ3) is 24.9. The van der Waals surface area contributed by atoms with Crippen LogP contribution in [0.25, 0.3) is 0 Å². The summed E-state index contributed by atoms with van der Waals surface area (Å²) >= 11 is 0. The lowest BCUT2D eigenvalue weighted by molar-refractivity contribution is 0.110. The molecule has 0 saturated carbocycles. The van der Waals surface area contributed by atoms with Crippen LogP contribution >= 0.6 is 0 Å². The number of hydrogen-bond acceptors (Lipinski definition) is 4. The van der Waals surface area contributed by atoms with Crippen LogP contribution in [0.4, 0.5) is 0 Å². The van der Waals surface area contributed by atoms with Crippen LogP contribution in [0.5, 0.6) is 0 Å². The molecular weight excluding hydrogens is 136 g/mol. The molecule has 4 N–H and O–H groups in total. The quantitative estimate of drug-likeness (QED) is 0.397. The molecule has 10 heavy (non-hydrogen) atoms. The highest BCUT2D eigenvalue weighted by Crippen LogP contribution is 1.69. The highest BCUT2D eigenvalue weighted by atomic mass is 16.3. The Labute approximate surface area is 60.7 Å². The van der Waals surface area contributed by atoms with Gasteiger partial charge in [0.1, 0.15) is 0 Å². The zero-order valence-corrected chi connectivity index (χ0v) is 6.36. The van der Waals surface area contributed by atoms with E-state index >= 15 is 0 Å². The second-order valence-electron chi connectivity index (χ2n) is 2.06. The minimum atomic E-state index is -0.560. The van der Waals surface area contributed by atoms with Gasteiger partial charge in [-0.3, -0.25) is 0 Å². The maximum absolute atomic E-state index is 8.11. The maximum Gasteiger partial charge on any atom is 0.0742 e. The predicted octanol–water partition coefficient (Wildman–Crippen LogP) is -1.28.